The maximum absolute atomic E-state index is 10.8. The first-order valence-electron chi connectivity index (χ1n) is 4.66. The van der Waals surface area contributed by atoms with Crippen LogP contribution in [0, 0.1) is 17.0 Å². The quantitative estimate of drug-likeness (QED) is 0.551. The fourth-order valence-electron chi connectivity index (χ4n) is 1.57. The summed E-state index contributed by atoms with van der Waals surface area (Å²) in [6.45, 7) is 2.84. The van der Waals surface area contributed by atoms with Crippen LogP contribution >= 0.6 is 0 Å². The lowest BCUT2D eigenvalue weighted by Crippen LogP contribution is -2.03. The Morgan fingerprint density at radius 2 is 2.07 bits per heavy atom. The molecule has 0 spiro atoms. The molecule has 0 unspecified atom stereocenters. The third-order valence-corrected chi connectivity index (χ3v) is 2.26. The molecule has 15 heavy (non-hydrogen) atoms. The molecule has 1 aliphatic heterocycles. The van der Waals surface area contributed by atoms with E-state index >= 15 is 0 Å². The Labute approximate surface area is 86.8 Å². The highest BCUT2D eigenvalue weighted by Gasteiger charge is 2.26. The van der Waals surface area contributed by atoms with Crippen molar-refractivity contribution in [1.82, 2.24) is 0 Å². The number of nitrogens with zero attached hydrogens (tertiary/aromatic N) is 1. The predicted molar refractivity (Wildman–Crippen MR) is 52.5 cm³/mol. The Morgan fingerprint density at radius 1 is 1.40 bits per heavy atom. The second-order valence-corrected chi connectivity index (χ2v) is 3.39. The van der Waals surface area contributed by atoms with E-state index in [4.69, 9.17) is 9.47 Å². The van der Waals surface area contributed by atoms with Crippen LogP contribution in [-0.2, 0) is 9.47 Å². The summed E-state index contributed by atoms with van der Waals surface area (Å²) in [4.78, 5) is 10.4. The monoisotopic (exact) mass is 209 g/mol. The number of aryl methyl sites for hydroxylation is 1. The zero-order chi connectivity index (χ0) is 10.8. The van der Waals surface area contributed by atoms with Crippen LogP contribution in [0.2, 0.25) is 0 Å². The number of ether oxygens (including phenoxy) is 2. The van der Waals surface area contributed by atoms with Crippen molar-refractivity contribution < 1.29 is 14.4 Å². The average Bonchev–Trinajstić information content (AvgIpc) is 2.69. The van der Waals surface area contributed by atoms with Crippen molar-refractivity contribution in [1.29, 1.82) is 0 Å². The van der Waals surface area contributed by atoms with Crippen LogP contribution in [0.15, 0.2) is 18.2 Å². The van der Waals surface area contributed by atoms with Gasteiger partial charge in [0.25, 0.3) is 5.69 Å². The van der Waals surface area contributed by atoms with Gasteiger partial charge in [0.15, 0.2) is 6.29 Å². The van der Waals surface area contributed by atoms with Gasteiger partial charge in [0.05, 0.1) is 23.7 Å². The third kappa shape index (κ3) is 1.98. The summed E-state index contributed by atoms with van der Waals surface area (Å²) in [5.74, 6) is 0. The van der Waals surface area contributed by atoms with Crippen molar-refractivity contribution >= 4 is 5.69 Å². The molecule has 0 N–H and O–H groups in total. The highest BCUT2D eigenvalue weighted by molar-refractivity contribution is 5.43. The maximum atomic E-state index is 10.8. The molecule has 0 aromatic heterocycles. The minimum Gasteiger partial charge on any atom is -0.346 e. The zero-order valence-corrected chi connectivity index (χ0v) is 8.30. The molecule has 0 radical (unpaired) electrons. The summed E-state index contributed by atoms with van der Waals surface area (Å²) in [5.41, 5.74) is 1.50. The summed E-state index contributed by atoms with van der Waals surface area (Å²) in [6, 6.07) is 4.92. The van der Waals surface area contributed by atoms with E-state index in [1.54, 1.807) is 12.1 Å². The van der Waals surface area contributed by atoms with Crippen LogP contribution in [0.5, 0.6) is 0 Å². The molecule has 0 aliphatic carbocycles. The summed E-state index contributed by atoms with van der Waals surface area (Å²) in [6.07, 6.45) is -0.592. The molecule has 1 heterocycles. The number of hydrogen-bond donors (Lipinski definition) is 0. The molecule has 5 heteroatoms. The molecule has 1 aromatic carbocycles. The fraction of sp³-hybridized carbons (Fsp3) is 0.400. The molecule has 1 aliphatic rings. The lowest BCUT2D eigenvalue weighted by atomic mass is 10.1. The van der Waals surface area contributed by atoms with Gasteiger partial charge in [-0.3, -0.25) is 10.1 Å². The van der Waals surface area contributed by atoms with E-state index in [9.17, 15) is 10.1 Å². The van der Waals surface area contributed by atoms with Crippen LogP contribution in [0.3, 0.4) is 0 Å². The van der Waals surface area contributed by atoms with Crippen molar-refractivity contribution in [2.75, 3.05) is 13.2 Å². The number of nitro groups is 1. The maximum Gasteiger partial charge on any atom is 0.277 e. The summed E-state index contributed by atoms with van der Waals surface area (Å²) >= 11 is 0. The van der Waals surface area contributed by atoms with Gasteiger partial charge in [0, 0.05) is 6.07 Å². The molecule has 0 saturated carbocycles. The van der Waals surface area contributed by atoms with E-state index in [2.05, 4.69) is 0 Å². The molecule has 0 atom stereocenters. The Kier molecular flexibility index (Phi) is 2.66. The van der Waals surface area contributed by atoms with Crippen LogP contribution in [0.4, 0.5) is 5.69 Å². The Morgan fingerprint density at radius 3 is 2.67 bits per heavy atom. The summed E-state index contributed by atoms with van der Waals surface area (Å²) < 4.78 is 10.5. The number of nitro benzene ring substituents is 1. The van der Waals surface area contributed by atoms with Gasteiger partial charge in [-0.1, -0.05) is 11.6 Å². The SMILES string of the molecule is Cc1ccc([N+](=O)[O-])c(C2OCCO2)c1. The van der Waals surface area contributed by atoms with Gasteiger partial charge in [-0.05, 0) is 13.0 Å². The van der Waals surface area contributed by atoms with E-state index in [-0.39, 0.29) is 5.69 Å². The van der Waals surface area contributed by atoms with Gasteiger partial charge in [-0.15, -0.1) is 0 Å². The van der Waals surface area contributed by atoms with Gasteiger partial charge < -0.3 is 9.47 Å². The molecule has 5 nitrogen and oxygen atoms in total. The van der Waals surface area contributed by atoms with Crippen molar-refractivity contribution in [3.05, 3.63) is 39.4 Å². The minimum atomic E-state index is -0.592. The first-order valence-corrected chi connectivity index (χ1v) is 4.66. The van der Waals surface area contributed by atoms with Crippen LogP contribution in [0.1, 0.15) is 17.4 Å². The standard InChI is InChI=1S/C10H11NO4/c1-7-2-3-9(11(12)13)8(6-7)10-14-4-5-15-10/h2-3,6,10H,4-5H2,1H3. The van der Waals surface area contributed by atoms with Gasteiger partial charge in [-0.2, -0.15) is 0 Å². The van der Waals surface area contributed by atoms with E-state index in [1.165, 1.54) is 6.07 Å². The molecule has 1 aromatic rings. The molecule has 1 saturated heterocycles. The molecule has 2 rings (SSSR count). The molecule has 0 bridgehead atoms. The molecule has 80 valence electrons. The number of rotatable bonds is 2. The first-order chi connectivity index (χ1) is 7.18. The Balaban J connectivity index is 2.41. The lowest BCUT2D eigenvalue weighted by molar-refractivity contribution is -0.386. The van der Waals surface area contributed by atoms with E-state index in [0.29, 0.717) is 18.8 Å². The average molecular weight is 209 g/mol. The van der Waals surface area contributed by atoms with Crippen LogP contribution in [0.25, 0.3) is 0 Å². The second-order valence-electron chi connectivity index (χ2n) is 3.39. The highest BCUT2D eigenvalue weighted by Crippen LogP contribution is 2.31. The third-order valence-electron chi connectivity index (χ3n) is 2.26. The zero-order valence-electron chi connectivity index (χ0n) is 8.30. The Hall–Kier alpha value is -1.46. The number of benzene rings is 1. The smallest absolute Gasteiger partial charge is 0.277 e. The van der Waals surface area contributed by atoms with E-state index in [0.717, 1.165) is 5.56 Å². The summed E-state index contributed by atoms with van der Waals surface area (Å²) in [5, 5.41) is 10.8. The summed E-state index contributed by atoms with van der Waals surface area (Å²) in [7, 11) is 0. The van der Waals surface area contributed by atoms with E-state index in [1.807, 2.05) is 6.92 Å². The first kappa shape index (κ1) is 10.1. The van der Waals surface area contributed by atoms with Crippen molar-refractivity contribution in [2.45, 2.75) is 13.2 Å². The van der Waals surface area contributed by atoms with Gasteiger partial charge in [-0.25, -0.2) is 0 Å². The van der Waals surface area contributed by atoms with Crippen LogP contribution in [-0.4, -0.2) is 18.1 Å². The second kappa shape index (κ2) is 3.96. The highest BCUT2D eigenvalue weighted by atomic mass is 16.7. The molecular weight excluding hydrogens is 198 g/mol. The number of hydrogen-bond acceptors (Lipinski definition) is 4. The van der Waals surface area contributed by atoms with Gasteiger partial charge in [0.1, 0.15) is 0 Å². The lowest BCUT2D eigenvalue weighted by Gasteiger charge is -2.10. The van der Waals surface area contributed by atoms with Crippen LogP contribution < -0.4 is 0 Å². The molecule has 0 amide bonds. The van der Waals surface area contributed by atoms with Crippen molar-refractivity contribution in [2.24, 2.45) is 0 Å². The van der Waals surface area contributed by atoms with Gasteiger partial charge >= 0.3 is 0 Å². The van der Waals surface area contributed by atoms with Crippen molar-refractivity contribution in [3.63, 3.8) is 0 Å². The fourth-order valence-corrected chi connectivity index (χ4v) is 1.57. The largest absolute Gasteiger partial charge is 0.346 e. The van der Waals surface area contributed by atoms with E-state index < -0.39 is 11.2 Å². The topological polar surface area (TPSA) is 61.6 Å². The molecular formula is C10H11NO4. The molecule has 1 fully saturated rings. The van der Waals surface area contributed by atoms with Gasteiger partial charge in [0.2, 0.25) is 0 Å². The predicted octanol–water partition coefficient (Wildman–Crippen LogP) is 1.95. The normalized spacial score (nSPS) is 16.9. The van der Waals surface area contributed by atoms with Crippen molar-refractivity contribution in [3.8, 4) is 0 Å². The Bertz CT molecular complexity index is 385. The minimum absolute atomic E-state index is 0.0486.